The zero-order valence-electron chi connectivity index (χ0n) is 17.9. The highest BCUT2D eigenvalue weighted by atomic mass is 32.2. The molecule has 2 aromatic heterocycles. The van der Waals surface area contributed by atoms with Crippen LogP contribution in [-0.4, -0.2) is 45.8 Å². The molecular formula is C23H24N4O3S2. The summed E-state index contributed by atoms with van der Waals surface area (Å²) < 4.78 is 25.5. The molecule has 1 fully saturated rings. The molecule has 4 heterocycles. The van der Waals surface area contributed by atoms with E-state index in [1.807, 2.05) is 17.0 Å². The molecule has 5 rings (SSSR count). The quantitative estimate of drug-likeness (QED) is 0.585. The van der Waals surface area contributed by atoms with Gasteiger partial charge in [0.25, 0.3) is 5.56 Å². The summed E-state index contributed by atoms with van der Waals surface area (Å²) in [5.41, 5.74) is 3.28. The first-order chi connectivity index (χ1) is 15.3. The number of sulfone groups is 1. The number of fused-ring (bicyclic) bond motifs is 2. The van der Waals surface area contributed by atoms with Crippen LogP contribution in [0.25, 0.3) is 5.65 Å². The summed E-state index contributed by atoms with van der Waals surface area (Å²) >= 11 is 1.51. The molecule has 0 N–H and O–H groups in total. The summed E-state index contributed by atoms with van der Waals surface area (Å²) in [6, 6.07) is 15.1. The normalized spacial score (nSPS) is 21.7. The van der Waals surface area contributed by atoms with Crippen LogP contribution in [-0.2, 0) is 16.4 Å². The molecule has 166 valence electrons. The predicted octanol–water partition coefficient (Wildman–Crippen LogP) is 3.09. The fraction of sp³-hybridized carbons (Fsp3) is 0.348. The number of anilines is 1. The maximum absolute atomic E-state index is 12.6. The van der Waals surface area contributed by atoms with Crippen molar-refractivity contribution in [3.05, 3.63) is 76.3 Å². The van der Waals surface area contributed by atoms with E-state index in [1.54, 1.807) is 18.3 Å². The van der Waals surface area contributed by atoms with Crippen LogP contribution >= 0.6 is 11.8 Å². The minimum Gasteiger partial charge on any atom is -0.315 e. The second kappa shape index (κ2) is 8.04. The molecule has 2 aliphatic heterocycles. The van der Waals surface area contributed by atoms with E-state index < -0.39 is 9.84 Å². The molecule has 2 atom stereocenters. The van der Waals surface area contributed by atoms with E-state index in [9.17, 15) is 13.2 Å². The number of pyridine rings is 1. The first-order valence-electron chi connectivity index (χ1n) is 10.6. The van der Waals surface area contributed by atoms with Crippen molar-refractivity contribution >= 4 is 38.1 Å². The number of nitrogens with zero attached hydrogens (tertiary/aromatic N) is 4. The molecular weight excluding hydrogens is 444 g/mol. The van der Waals surface area contributed by atoms with E-state index in [4.69, 9.17) is 4.99 Å². The van der Waals surface area contributed by atoms with E-state index in [-0.39, 0.29) is 28.4 Å². The van der Waals surface area contributed by atoms with Gasteiger partial charge < -0.3 is 4.90 Å². The van der Waals surface area contributed by atoms with Gasteiger partial charge in [-0.15, -0.1) is 0 Å². The summed E-state index contributed by atoms with van der Waals surface area (Å²) in [6.45, 7) is 4.68. The maximum atomic E-state index is 12.6. The van der Waals surface area contributed by atoms with Gasteiger partial charge in [-0.3, -0.25) is 14.2 Å². The first-order valence-corrected chi connectivity index (χ1v) is 13.3. The van der Waals surface area contributed by atoms with Gasteiger partial charge in [0.2, 0.25) is 0 Å². The second-order valence-corrected chi connectivity index (χ2v) is 11.9. The summed E-state index contributed by atoms with van der Waals surface area (Å²) in [4.78, 5) is 24.1. The minimum atomic E-state index is -3.03. The van der Waals surface area contributed by atoms with Crippen molar-refractivity contribution in [1.82, 2.24) is 9.38 Å². The highest BCUT2D eigenvalue weighted by Crippen LogP contribution is 2.37. The van der Waals surface area contributed by atoms with E-state index in [1.165, 1.54) is 21.7 Å². The van der Waals surface area contributed by atoms with E-state index in [0.29, 0.717) is 23.8 Å². The molecule has 3 aromatic rings. The Morgan fingerprint density at radius 1 is 1.16 bits per heavy atom. The molecule has 0 saturated carbocycles. The lowest BCUT2D eigenvalue weighted by Gasteiger charge is -2.25. The summed E-state index contributed by atoms with van der Waals surface area (Å²) in [7, 11) is -3.03. The summed E-state index contributed by atoms with van der Waals surface area (Å²) in [5, 5.41) is 0.727. The fourth-order valence-electron chi connectivity index (χ4n) is 4.13. The van der Waals surface area contributed by atoms with Crippen LogP contribution in [0, 0.1) is 0 Å². The van der Waals surface area contributed by atoms with Crippen LogP contribution in [0.15, 0.2) is 64.5 Å². The number of thioether (sulfide) groups is 1. The van der Waals surface area contributed by atoms with Crippen molar-refractivity contribution in [3.63, 3.8) is 0 Å². The molecule has 1 saturated heterocycles. The summed E-state index contributed by atoms with van der Waals surface area (Å²) in [5.74, 6) is 0.678. The fourth-order valence-corrected chi connectivity index (χ4v) is 7.91. The number of amidine groups is 1. The molecule has 0 radical (unpaired) electrons. The monoisotopic (exact) mass is 468 g/mol. The first kappa shape index (κ1) is 21.2. The highest BCUT2D eigenvalue weighted by molar-refractivity contribution is 8.15. The predicted molar refractivity (Wildman–Crippen MR) is 129 cm³/mol. The second-order valence-electron chi connectivity index (χ2n) is 8.56. The Balaban J connectivity index is 1.52. The van der Waals surface area contributed by atoms with Crippen LogP contribution in [0.3, 0.4) is 0 Å². The van der Waals surface area contributed by atoms with Crippen LogP contribution < -0.4 is 10.5 Å². The zero-order chi connectivity index (χ0) is 22.5. The van der Waals surface area contributed by atoms with Gasteiger partial charge >= 0.3 is 0 Å². The molecule has 0 aliphatic carbocycles. The van der Waals surface area contributed by atoms with E-state index in [0.717, 1.165) is 10.9 Å². The number of benzene rings is 1. The molecule has 2 unspecified atom stereocenters. The lowest BCUT2D eigenvalue weighted by molar-refractivity contribution is 0.601. The average Bonchev–Trinajstić information content (AvgIpc) is 3.25. The van der Waals surface area contributed by atoms with Gasteiger partial charge in [-0.05, 0) is 35.7 Å². The van der Waals surface area contributed by atoms with Gasteiger partial charge in [-0.1, -0.05) is 43.8 Å². The third-order valence-electron chi connectivity index (χ3n) is 5.85. The van der Waals surface area contributed by atoms with Crippen molar-refractivity contribution < 1.29 is 8.42 Å². The van der Waals surface area contributed by atoms with Crippen molar-refractivity contribution in [2.75, 3.05) is 16.4 Å². The zero-order valence-corrected chi connectivity index (χ0v) is 19.5. The standard InChI is InChI=1S/C23H24N4O3S2/c1-15(2)16-6-8-18(9-7-16)27(23-25-19-13-32(29,30)14-20(19)31-23)12-17-11-22(28)26-10-4-3-5-21(26)24-17/h3-11,15,19-20H,12-14H2,1-2H3. The summed E-state index contributed by atoms with van der Waals surface area (Å²) in [6.07, 6.45) is 1.70. The minimum absolute atomic E-state index is 0.0531. The van der Waals surface area contributed by atoms with Crippen LogP contribution in [0.1, 0.15) is 31.0 Å². The number of hydrogen-bond donors (Lipinski definition) is 0. The third kappa shape index (κ3) is 4.06. The molecule has 0 spiro atoms. The number of hydrogen-bond acceptors (Lipinski definition) is 7. The molecule has 0 amide bonds. The highest BCUT2D eigenvalue weighted by Gasteiger charge is 2.44. The molecule has 7 nitrogen and oxygen atoms in total. The maximum Gasteiger partial charge on any atom is 0.258 e. The number of aromatic nitrogens is 2. The Bertz CT molecular complexity index is 1360. The smallest absolute Gasteiger partial charge is 0.258 e. The largest absolute Gasteiger partial charge is 0.315 e. The van der Waals surface area contributed by atoms with Gasteiger partial charge in [0.05, 0.1) is 29.8 Å². The van der Waals surface area contributed by atoms with Crippen LogP contribution in [0.2, 0.25) is 0 Å². The van der Waals surface area contributed by atoms with Crippen molar-refractivity contribution in [2.45, 2.75) is 37.6 Å². The van der Waals surface area contributed by atoms with E-state index in [2.05, 4.69) is 43.1 Å². The molecule has 32 heavy (non-hydrogen) atoms. The number of aliphatic imine (C=N–C) groups is 1. The van der Waals surface area contributed by atoms with Crippen molar-refractivity contribution in [3.8, 4) is 0 Å². The van der Waals surface area contributed by atoms with Crippen LogP contribution in [0.5, 0.6) is 0 Å². The average molecular weight is 469 g/mol. The lowest BCUT2D eigenvalue weighted by Crippen LogP contribution is -2.29. The Hall–Kier alpha value is -2.65. The van der Waals surface area contributed by atoms with Gasteiger partial charge in [-0.25, -0.2) is 13.4 Å². The van der Waals surface area contributed by atoms with Gasteiger partial charge in [0.15, 0.2) is 15.0 Å². The van der Waals surface area contributed by atoms with Gasteiger partial charge in [0, 0.05) is 23.2 Å². The Kier molecular flexibility index (Phi) is 5.33. The molecule has 2 aliphatic rings. The van der Waals surface area contributed by atoms with E-state index >= 15 is 0 Å². The topological polar surface area (TPSA) is 84.1 Å². The Morgan fingerprint density at radius 2 is 1.94 bits per heavy atom. The lowest BCUT2D eigenvalue weighted by atomic mass is 10.0. The Labute approximate surface area is 191 Å². The molecule has 9 heteroatoms. The SMILES string of the molecule is CC(C)c1ccc(N(Cc2cc(=O)n3ccccc3n2)C2=NC3CS(=O)(=O)CC3S2)cc1. The third-order valence-corrected chi connectivity index (χ3v) is 9.10. The molecule has 0 bridgehead atoms. The van der Waals surface area contributed by atoms with Crippen molar-refractivity contribution in [2.24, 2.45) is 4.99 Å². The van der Waals surface area contributed by atoms with Crippen LogP contribution in [0.4, 0.5) is 5.69 Å². The van der Waals surface area contributed by atoms with Crippen molar-refractivity contribution in [1.29, 1.82) is 0 Å². The Morgan fingerprint density at radius 3 is 2.66 bits per heavy atom. The van der Waals surface area contributed by atoms with Gasteiger partial charge in [-0.2, -0.15) is 0 Å². The number of rotatable bonds is 4. The molecule has 1 aromatic carbocycles. The van der Waals surface area contributed by atoms with Gasteiger partial charge in [0.1, 0.15) is 5.65 Å².